The van der Waals surface area contributed by atoms with Gasteiger partial charge in [0.25, 0.3) is 0 Å². The van der Waals surface area contributed by atoms with E-state index in [4.69, 9.17) is 0 Å². The second-order valence-corrected chi connectivity index (χ2v) is 5.34. The van der Waals surface area contributed by atoms with E-state index in [0.717, 1.165) is 5.69 Å². The zero-order valence-electron chi connectivity index (χ0n) is 12.7. The minimum atomic E-state index is -0.297. The summed E-state index contributed by atoms with van der Waals surface area (Å²) in [7, 11) is 1.72. The Hall–Kier alpha value is -2.15. The topological polar surface area (TPSA) is 86.4 Å². The van der Waals surface area contributed by atoms with Gasteiger partial charge in [-0.1, -0.05) is 0 Å². The van der Waals surface area contributed by atoms with Crippen LogP contribution in [0.2, 0.25) is 0 Å². The van der Waals surface area contributed by atoms with Crippen molar-refractivity contribution in [3.63, 3.8) is 0 Å². The molecule has 1 aliphatic heterocycles. The first-order valence-corrected chi connectivity index (χ1v) is 6.98. The van der Waals surface area contributed by atoms with Gasteiger partial charge in [0, 0.05) is 6.04 Å². The van der Waals surface area contributed by atoms with E-state index >= 15 is 0 Å². The van der Waals surface area contributed by atoms with Crippen LogP contribution in [0, 0.1) is 0 Å². The Kier molecular flexibility index (Phi) is 4.42. The second-order valence-electron chi connectivity index (χ2n) is 5.34. The van der Waals surface area contributed by atoms with Gasteiger partial charge in [0.15, 0.2) is 0 Å². The molecule has 1 unspecified atom stereocenters. The predicted octanol–water partition coefficient (Wildman–Crippen LogP) is 1.38. The van der Waals surface area contributed by atoms with Crippen molar-refractivity contribution in [1.82, 2.24) is 15.2 Å². The molecule has 1 atom stereocenters. The van der Waals surface area contributed by atoms with E-state index in [1.807, 2.05) is 13.8 Å². The number of anilines is 2. The molecule has 1 aliphatic rings. The Balaban J connectivity index is 2.18. The number of pyridine rings is 1. The van der Waals surface area contributed by atoms with Crippen molar-refractivity contribution in [1.29, 1.82) is 0 Å². The molecule has 0 saturated heterocycles. The van der Waals surface area contributed by atoms with Gasteiger partial charge < -0.3 is 20.9 Å². The lowest BCUT2D eigenvalue weighted by Crippen LogP contribution is -2.43. The van der Waals surface area contributed by atoms with Crippen LogP contribution in [0.15, 0.2) is 12.1 Å². The lowest BCUT2D eigenvalue weighted by Gasteiger charge is -2.31. The Morgan fingerprint density at radius 1 is 1.38 bits per heavy atom. The number of carbonyl (C=O) groups is 2. The van der Waals surface area contributed by atoms with Gasteiger partial charge in [-0.05, 0) is 40.0 Å². The third kappa shape index (κ3) is 3.30. The van der Waals surface area contributed by atoms with E-state index in [1.165, 1.54) is 0 Å². The highest BCUT2D eigenvalue weighted by Crippen LogP contribution is 2.24. The van der Waals surface area contributed by atoms with Crippen LogP contribution in [-0.2, 0) is 11.3 Å². The average Bonchev–Trinajstić information content (AvgIpc) is 2.45. The first kappa shape index (κ1) is 15.2. The second kappa shape index (κ2) is 6.09. The molecule has 0 fully saturated rings. The van der Waals surface area contributed by atoms with Gasteiger partial charge in [0.05, 0.1) is 24.0 Å². The highest BCUT2D eigenvalue weighted by molar-refractivity contribution is 5.95. The summed E-state index contributed by atoms with van der Waals surface area (Å²) < 4.78 is 0. The molecule has 3 N–H and O–H groups in total. The third-order valence-electron chi connectivity index (χ3n) is 3.50. The van der Waals surface area contributed by atoms with Gasteiger partial charge in [0.1, 0.15) is 5.82 Å². The van der Waals surface area contributed by atoms with Crippen molar-refractivity contribution in [2.24, 2.45) is 0 Å². The van der Waals surface area contributed by atoms with Crippen molar-refractivity contribution < 1.29 is 9.59 Å². The minimum absolute atomic E-state index is 0.0857. The van der Waals surface area contributed by atoms with E-state index in [-0.39, 0.29) is 24.0 Å². The third-order valence-corrected chi connectivity index (χ3v) is 3.50. The van der Waals surface area contributed by atoms with Crippen molar-refractivity contribution in [3.05, 3.63) is 17.8 Å². The number of aromatic nitrogens is 1. The van der Waals surface area contributed by atoms with Crippen LogP contribution in [0.3, 0.4) is 0 Å². The first-order valence-electron chi connectivity index (χ1n) is 6.98. The Morgan fingerprint density at radius 3 is 2.71 bits per heavy atom. The summed E-state index contributed by atoms with van der Waals surface area (Å²) in [5.41, 5.74) is 1.44. The summed E-state index contributed by atoms with van der Waals surface area (Å²) in [6.07, 6.45) is 0. The van der Waals surface area contributed by atoms with Crippen molar-refractivity contribution in [2.45, 2.75) is 39.4 Å². The SMILES string of the molecule is CNC(C)C(=O)Nc1ccc2c(n1)CN(C(C)C)C(=O)N2. The molecule has 0 aromatic carbocycles. The molecule has 0 spiro atoms. The zero-order valence-corrected chi connectivity index (χ0v) is 12.7. The number of amides is 3. The maximum atomic E-state index is 11.9. The van der Waals surface area contributed by atoms with Crippen LogP contribution < -0.4 is 16.0 Å². The minimum Gasteiger partial charge on any atom is -0.316 e. The van der Waals surface area contributed by atoms with Gasteiger partial charge in [-0.2, -0.15) is 0 Å². The number of nitrogens with zero attached hydrogens (tertiary/aromatic N) is 2. The van der Waals surface area contributed by atoms with Crippen LogP contribution in [-0.4, -0.2) is 41.0 Å². The number of carbonyl (C=O) groups excluding carboxylic acids is 2. The predicted molar refractivity (Wildman–Crippen MR) is 81.1 cm³/mol. The van der Waals surface area contributed by atoms with Crippen LogP contribution >= 0.6 is 0 Å². The van der Waals surface area contributed by atoms with E-state index < -0.39 is 0 Å². The molecule has 0 saturated carbocycles. The zero-order chi connectivity index (χ0) is 15.6. The maximum absolute atomic E-state index is 11.9. The Labute approximate surface area is 124 Å². The molecule has 7 nitrogen and oxygen atoms in total. The standard InChI is InChI=1S/C14H21N5O2/c1-8(2)19-7-11-10(17-14(19)21)5-6-12(16-11)18-13(20)9(3)15-4/h5-6,8-9,15H,7H2,1-4H3,(H,17,21)(H,16,18,20). The maximum Gasteiger partial charge on any atom is 0.322 e. The van der Waals surface area contributed by atoms with Gasteiger partial charge >= 0.3 is 6.03 Å². The highest BCUT2D eigenvalue weighted by Gasteiger charge is 2.25. The lowest BCUT2D eigenvalue weighted by atomic mass is 10.2. The number of urea groups is 1. The fourth-order valence-corrected chi connectivity index (χ4v) is 2.01. The molecule has 0 radical (unpaired) electrons. The Bertz CT molecular complexity index is 558. The molecule has 3 amide bonds. The molecule has 21 heavy (non-hydrogen) atoms. The van der Waals surface area contributed by atoms with Crippen LogP contribution in [0.4, 0.5) is 16.3 Å². The quantitative estimate of drug-likeness (QED) is 0.782. The Morgan fingerprint density at radius 2 is 2.10 bits per heavy atom. The molecule has 7 heteroatoms. The van der Waals surface area contributed by atoms with Crippen LogP contribution in [0.25, 0.3) is 0 Å². The number of nitrogens with one attached hydrogen (secondary N) is 3. The first-order chi connectivity index (χ1) is 9.92. The summed E-state index contributed by atoms with van der Waals surface area (Å²) in [5.74, 6) is 0.339. The van der Waals surface area contributed by atoms with Gasteiger partial charge in [-0.25, -0.2) is 9.78 Å². The number of rotatable bonds is 4. The summed E-state index contributed by atoms with van der Waals surface area (Å²) in [6.45, 7) is 6.11. The van der Waals surface area contributed by atoms with E-state index in [0.29, 0.717) is 18.1 Å². The van der Waals surface area contributed by atoms with Crippen molar-refractivity contribution in [2.75, 3.05) is 17.7 Å². The molecule has 1 aromatic heterocycles. The molecule has 2 rings (SSSR count). The molecule has 0 bridgehead atoms. The van der Waals surface area contributed by atoms with Gasteiger partial charge in [0.2, 0.25) is 5.91 Å². The van der Waals surface area contributed by atoms with E-state index in [9.17, 15) is 9.59 Å². The molecular weight excluding hydrogens is 270 g/mol. The fraction of sp³-hybridized carbons (Fsp3) is 0.500. The molecule has 1 aromatic rings. The molecule has 0 aliphatic carbocycles. The summed E-state index contributed by atoms with van der Waals surface area (Å²) in [5, 5.41) is 8.43. The number of hydrogen-bond acceptors (Lipinski definition) is 4. The van der Waals surface area contributed by atoms with E-state index in [1.54, 1.807) is 31.0 Å². The number of likely N-dealkylation sites (N-methyl/N-ethyl adjacent to an activating group) is 1. The smallest absolute Gasteiger partial charge is 0.316 e. The van der Waals surface area contributed by atoms with Crippen molar-refractivity contribution in [3.8, 4) is 0 Å². The van der Waals surface area contributed by atoms with Gasteiger partial charge in [-0.3, -0.25) is 4.79 Å². The molecular formula is C14H21N5O2. The number of hydrogen-bond donors (Lipinski definition) is 3. The van der Waals surface area contributed by atoms with Gasteiger partial charge in [-0.15, -0.1) is 0 Å². The summed E-state index contributed by atoms with van der Waals surface area (Å²) in [4.78, 5) is 29.9. The average molecular weight is 291 g/mol. The largest absolute Gasteiger partial charge is 0.322 e. The summed E-state index contributed by atoms with van der Waals surface area (Å²) >= 11 is 0. The molecule has 2 heterocycles. The highest BCUT2D eigenvalue weighted by atomic mass is 16.2. The number of fused-ring (bicyclic) bond motifs is 1. The van der Waals surface area contributed by atoms with Crippen LogP contribution in [0.1, 0.15) is 26.5 Å². The lowest BCUT2D eigenvalue weighted by molar-refractivity contribution is -0.117. The fourth-order valence-electron chi connectivity index (χ4n) is 2.01. The van der Waals surface area contributed by atoms with Crippen LogP contribution in [0.5, 0.6) is 0 Å². The van der Waals surface area contributed by atoms with E-state index in [2.05, 4.69) is 20.9 Å². The normalized spacial score (nSPS) is 15.5. The monoisotopic (exact) mass is 291 g/mol. The summed E-state index contributed by atoms with van der Waals surface area (Å²) in [6, 6.07) is 3.11. The molecule has 114 valence electrons. The van der Waals surface area contributed by atoms with Crippen molar-refractivity contribution >= 4 is 23.4 Å².